The van der Waals surface area contributed by atoms with E-state index in [9.17, 15) is 17.6 Å². The SMILES string of the molecule is N#CCCc1cc(C(F)(F)F)ccc1F. The van der Waals surface area contributed by atoms with Crippen molar-refractivity contribution in [1.82, 2.24) is 0 Å². The van der Waals surface area contributed by atoms with E-state index in [4.69, 9.17) is 5.26 Å². The van der Waals surface area contributed by atoms with Crippen LogP contribution in [0.5, 0.6) is 0 Å². The standard InChI is InChI=1S/C10H7F4N/c11-9-4-3-8(10(12,13)14)6-7(9)2-1-5-15/h3-4,6H,1-2H2. The Bertz CT molecular complexity index is 389. The predicted octanol–water partition coefficient (Wildman–Crippen LogP) is 3.30. The molecule has 1 rings (SSSR count). The number of aryl methyl sites for hydroxylation is 1. The van der Waals surface area contributed by atoms with E-state index in [1.165, 1.54) is 0 Å². The first-order valence-corrected chi connectivity index (χ1v) is 4.17. The van der Waals surface area contributed by atoms with Gasteiger partial charge in [0.1, 0.15) is 5.82 Å². The monoisotopic (exact) mass is 217 g/mol. The topological polar surface area (TPSA) is 23.8 Å². The molecule has 1 aromatic rings. The van der Waals surface area contributed by atoms with Gasteiger partial charge in [0.15, 0.2) is 0 Å². The lowest BCUT2D eigenvalue weighted by molar-refractivity contribution is -0.137. The van der Waals surface area contributed by atoms with Gasteiger partial charge in [-0.15, -0.1) is 0 Å². The lowest BCUT2D eigenvalue weighted by Crippen LogP contribution is -2.06. The van der Waals surface area contributed by atoms with Crippen LogP contribution in [0.1, 0.15) is 17.5 Å². The van der Waals surface area contributed by atoms with Gasteiger partial charge in [0.05, 0.1) is 11.6 Å². The highest BCUT2D eigenvalue weighted by molar-refractivity contribution is 5.27. The number of nitrogens with zero attached hydrogens (tertiary/aromatic N) is 1. The highest BCUT2D eigenvalue weighted by Gasteiger charge is 2.30. The second kappa shape index (κ2) is 4.30. The lowest BCUT2D eigenvalue weighted by atomic mass is 10.1. The van der Waals surface area contributed by atoms with E-state index in [2.05, 4.69) is 0 Å². The number of hydrogen-bond acceptors (Lipinski definition) is 1. The Morgan fingerprint density at radius 3 is 2.47 bits per heavy atom. The molecule has 0 aliphatic heterocycles. The van der Waals surface area contributed by atoms with Crippen molar-refractivity contribution >= 4 is 0 Å². The summed E-state index contributed by atoms with van der Waals surface area (Å²) in [6.45, 7) is 0. The molecular weight excluding hydrogens is 210 g/mol. The van der Waals surface area contributed by atoms with Gasteiger partial charge in [-0.25, -0.2) is 4.39 Å². The van der Waals surface area contributed by atoms with Crippen molar-refractivity contribution in [3.05, 3.63) is 35.1 Å². The predicted molar refractivity (Wildman–Crippen MR) is 45.3 cm³/mol. The van der Waals surface area contributed by atoms with Crippen molar-refractivity contribution in [2.75, 3.05) is 0 Å². The minimum atomic E-state index is -4.48. The van der Waals surface area contributed by atoms with Gasteiger partial charge in [0.2, 0.25) is 0 Å². The zero-order valence-corrected chi connectivity index (χ0v) is 7.61. The molecule has 0 saturated heterocycles. The molecule has 0 bridgehead atoms. The molecular formula is C10H7F4N. The Morgan fingerprint density at radius 1 is 1.27 bits per heavy atom. The smallest absolute Gasteiger partial charge is 0.207 e. The zero-order chi connectivity index (χ0) is 11.5. The van der Waals surface area contributed by atoms with E-state index in [1.54, 1.807) is 6.07 Å². The molecule has 0 unspecified atom stereocenters. The Morgan fingerprint density at radius 2 is 1.93 bits per heavy atom. The van der Waals surface area contributed by atoms with Gasteiger partial charge in [-0.3, -0.25) is 0 Å². The molecule has 0 heterocycles. The van der Waals surface area contributed by atoms with Gasteiger partial charge in [-0.05, 0) is 30.2 Å². The largest absolute Gasteiger partial charge is 0.416 e. The van der Waals surface area contributed by atoms with Gasteiger partial charge >= 0.3 is 6.18 Å². The fourth-order valence-corrected chi connectivity index (χ4v) is 1.13. The second-order valence-corrected chi connectivity index (χ2v) is 2.96. The van der Waals surface area contributed by atoms with Crippen LogP contribution in [0.4, 0.5) is 17.6 Å². The number of nitriles is 1. The number of rotatable bonds is 2. The summed E-state index contributed by atoms with van der Waals surface area (Å²) in [5.74, 6) is -0.710. The van der Waals surface area contributed by atoms with Crippen molar-refractivity contribution in [1.29, 1.82) is 5.26 Å². The molecule has 80 valence electrons. The normalized spacial score (nSPS) is 11.1. The first kappa shape index (κ1) is 11.5. The third-order valence-corrected chi connectivity index (χ3v) is 1.88. The highest BCUT2D eigenvalue weighted by Crippen LogP contribution is 2.30. The molecule has 0 radical (unpaired) electrons. The van der Waals surface area contributed by atoms with Crippen molar-refractivity contribution in [3.8, 4) is 6.07 Å². The Hall–Kier alpha value is -1.57. The summed E-state index contributed by atoms with van der Waals surface area (Å²) in [5, 5.41) is 8.25. The summed E-state index contributed by atoms with van der Waals surface area (Å²) in [7, 11) is 0. The maximum absolute atomic E-state index is 13.0. The minimum Gasteiger partial charge on any atom is -0.207 e. The van der Waals surface area contributed by atoms with E-state index in [-0.39, 0.29) is 18.4 Å². The summed E-state index contributed by atoms with van der Waals surface area (Å²) in [6, 6.07) is 3.96. The molecule has 0 aliphatic carbocycles. The Labute approximate surface area is 83.9 Å². The molecule has 5 heteroatoms. The summed E-state index contributed by atoms with van der Waals surface area (Å²) in [6.07, 6.45) is -4.49. The zero-order valence-electron chi connectivity index (χ0n) is 7.61. The third-order valence-electron chi connectivity index (χ3n) is 1.88. The molecule has 1 aromatic carbocycles. The number of halogens is 4. The molecule has 0 atom stereocenters. The Balaban J connectivity index is 3.01. The van der Waals surface area contributed by atoms with Crippen LogP contribution in [0.3, 0.4) is 0 Å². The van der Waals surface area contributed by atoms with Gasteiger partial charge in [0, 0.05) is 6.42 Å². The summed E-state index contributed by atoms with van der Waals surface area (Å²) >= 11 is 0. The molecule has 15 heavy (non-hydrogen) atoms. The van der Waals surface area contributed by atoms with E-state index in [1.807, 2.05) is 0 Å². The number of benzene rings is 1. The fourth-order valence-electron chi connectivity index (χ4n) is 1.13. The first-order valence-electron chi connectivity index (χ1n) is 4.17. The van der Waals surface area contributed by atoms with E-state index in [0.717, 1.165) is 12.1 Å². The molecule has 0 amide bonds. The van der Waals surface area contributed by atoms with Gasteiger partial charge in [0.25, 0.3) is 0 Å². The maximum Gasteiger partial charge on any atom is 0.416 e. The molecule has 1 nitrogen and oxygen atoms in total. The van der Waals surface area contributed by atoms with Crippen molar-refractivity contribution in [2.24, 2.45) is 0 Å². The van der Waals surface area contributed by atoms with E-state index >= 15 is 0 Å². The van der Waals surface area contributed by atoms with Crippen LogP contribution in [0.15, 0.2) is 18.2 Å². The average Bonchev–Trinajstić information content (AvgIpc) is 2.15. The molecule has 0 saturated carbocycles. The number of hydrogen-bond donors (Lipinski definition) is 0. The molecule has 0 spiro atoms. The average molecular weight is 217 g/mol. The molecule has 0 N–H and O–H groups in total. The second-order valence-electron chi connectivity index (χ2n) is 2.96. The molecule has 0 fully saturated rings. The van der Waals surface area contributed by atoms with Crippen molar-refractivity contribution < 1.29 is 17.6 Å². The fraction of sp³-hybridized carbons (Fsp3) is 0.300. The van der Waals surface area contributed by atoms with Crippen molar-refractivity contribution in [2.45, 2.75) is 19.0 Å². The van der Waals surface area contributed by atoms with Gasteiger partial charge in [-0.2, -0.15) is 18.4 Å². The van der Waals surface area contributed by atoms with Crippen LogP contribution in [0, 0.1) is 17.1 Å². The minimum absolute atomic E-state index is 0.00176. The quantitative estimate of drug-likeness (QED) is 0.697. The van der Waals surface area contributed by atoms with E-state index < -0.39 is 17.6 Å². The summed E-state index contributed by atoms with van der Waals surface area (Å²) in [5.41, 5.74) is -0.969. The summed E-state index contributed by atoms with van der Waals surface area (Å²) in [4.78, 5) is 0. The van der Waals surface area contributed by atoms with Crippen LogP contribution in [-0.4, -0.2) is 0 Å². The highest BCUT2D eigenvalue weighted by atomic mass is 19.4. The van der Waals surface area contributed by atoms with Gasteiger partial charge < -0.3 is 0 Å². The molecule has 0 aromatic heterocycles. The van der Waals surface area contributed by atoms with Crippen molar-refractivity contribution in [3.63, 3.8) is 0 Å². The lowest BCUT2D eigenvalue weighted by Gasteiger charge is -2.08. The van der Waals surface area contributed by atoms with Crippen LogP contribution >= 0.6 is 0 Å². The maximum atomic E-state index is 13.0. The first-order chi connectivity index (χ1) is 6.95. The van der Waals surface area contributed by atoms with Gasteiger partial charge in [-0.1, -0.05) is 0 Å². The summed E-state index contributed by atoms with van der Waals surface area (Å²) < 4.78 is 49.7. The van der Waals surface area contributed by atoms with Crippen LogP contribution in [-0.2, 0) is 12.6 Å². The Kier molecular flexibility index (Phi) is 3.30. The van der Waals surface area contributed by atoms with Crippen LogP contribution in [0.2, 0.25) is 0 Å². The van der Waals surface area contributed by atoms with Crippen LogP contribution in [0.25, 0.3) is 0 Å². The van der Waals surface area contributed by atoms with E-state index in [0.29, 0.717) is 6.07 Å². The number of alkyl halides is 3. The molecule has 0 aliphatic rings. The third kappa shape index (κ3) is 2.94. The van der Waals surface area contributed by atoms with Crippen LogP contribution < -0.4 is 0 Å².